The monoisotopic (exact) mass is 1280 g/mol. The number of carboxylic acids is 2. The summed E-state index contributed by atoms with van der Waals surface area (Å²) in [6.07, 6.45) is -3.10. The molecule has 2 amide bonds. The number of hydrogen-bond donors (Lipinski definition) is 8. The van der Waals surface area contributed by atoms with Gasteiger partial charge < -0.3 is 69.5 Å². The minimum Gasteiger partial charge on any atom is -0.491 e. The lowest BCUT2D eigenvalue weighted by molar-refractivity contribution is -0.271. The number of aliphatic hydroxyl groups excluding tert-OH is 3. The Morgan fingerprint density at radius 2 is 1.64 bits per heavy atom. The summed E-state index contributed by atoms with van der Waals surface area (Å²) in [5, 5.41) is 59.7. The van der Waals surface area contributed by atoms with Crippen molar-refractivity contribution >= 4 is 66.6 Å². The SMILES string of the molecule is Cc1c(-c2ccc(N3CCc4cccc(C(=O)Nc5nc6ccccc6s5)c4C3)nc2C(=O)O)cnn1CC12CC3(C)CC(C)(C1)CC(OCCN(CCS(=O)(=O)O)C(=O)OCc1ccc(O[C@@H]4O[C@H](C(=O)O)[C@@H](O)[C@H](O)[C@H]4O)cc1OCCOCCN)(C3)C2. The van der Waals surface area contributed by atoms with Crippen molar-refractivity contribution < 1.29 is 86.1 Å². The topological polar surface area (TPSA) is 367 Å². The highest BCUT2D eigenvalue weighted by Crippen LogP contribution is 2.72. The Morgan fingerprint density at radius 1 is 0.867 bits per heavy atom. The summed E-state index contributed by atoms with van der Waals surface area (Å²) in [5.41, 5.74) is 9.49. The van der Waals surface area contributed by atoms with E-state index in [4.69, 9.17) is 44.2 Å². The first kappa shape index (κ1) is 64.2. The van der Waals surface area contributed by atoms with Crippen LogP contribution in [0.15, 0.2) is 79.0 Å². The molecule has 26 nitrogen and oxygen atoms in total. The Labute approximate surface area is 522 Å². The van der Waals surface area contributed by atoms with Gasteiger partial charge in [0.1, 0.15) is 48.8 Å². The van der Waals surface area contributed by atoms with Gasteiger partial charge >= 0.3 is 18.0 Å². The number of aromatic carboxylic acids is 1. The molecular formula is C62H74N8O18S2. The highest BCUT2D eigenvalue weighted by atomic mass is 32.2. The van der Waals surface area contributed by atoms with Crippen LogP contribution >= 0.6 is 11.3 Å². The summed E-state index contributed by atoms with van der Waals surface area (Å²) < 4.78 is 72.0. The number of nitrogens with one attached hydrogen (secondary N) is 1. The standard InChI is InChI=1S/C62H74N8O18S2/c1-36-42(40-13-14-47(66-48(40)54(75)76)69-17-15-37-7-6-8-41(43(37)27-69)53(74)67-57-65-44-9-4-5-10-46(44)89-57)26-64-70(36)35-61-30-59(2)29-60(3,31-61)33-62(32-59,34-61)86-21-18-68(19-24-90(80,81)82)58(79)85-28-38-11-12-39(25-45(38)84-23-22-83-20-16-63)87-56-51(73)49(71)50(72)52(88-56)55(77)78/h4-14,25-26,49-52,56,71-73H,15-24,27-35,63H2,1-3H3,(H,75,76)(H,77,78)(H,65,67,74)(H,80,81,82)/t49-,50-,51+,52-,56+,59?,60?,61?,62?/m0/s1. The summed E-state index contributed by atoms with van der Waals surface area (Å²) in [6.45, 7) is 7.51. The molecule has 6 aliphatic rings. The summed E-state index contributed by atoms with van der Waals surface area (Å²) >= 11 is 1.40. The van der Waals surface area contributed by atoms with Crippen LogP contribution in [-0.4, -0.2) is 182 Å². The van der Waals surface area contributed by atoms with Gasteiger partial charge in [0.05, 0.1) is 47.6 Å². The van der Waals surface area contributed by atoms with Crippen molar-refractivity contribution in [1.82, 2.24) is 24.6 Å². The van der Waals surface area contributed by atoms with Gasteiger partial charge in [-0.3, -0.25) is 19.3 Å². The predicted octanol–water partition coefficient (Wildman–Crippen LogP) is 5.66. The summed E-state index contributed by atoms with van der Waals surface area (Å²) in [5.74, 6) is -3.34. The number of aliphatic hydroxyl groups is 3. The Kier molecular flexibility index (Phi) is 18.3. The number of nitrogens with zero attached hydrogens (tertiary/aromatic N) is 6. The second-order valence-electron chi connectivity index (χ2n) is 25.1. The second-order valence-corrected chi connectivity index (χ2v) is 27.7. The number of anilines is 2. The van der Waals surface area contributed by atoms with Gasteiger partial charge in [-0.25, -0.2) is 24.4 Å². The third-order valence-corrected chi connectivity index (χ3v) is 19.5. The van der Waals surface area contributed by atoms with Crippen molar-refractivity contribution in [1.29, 1.82) is 0 Å². The van der Waals surface area contributed by atoms with Crippen molar-refractivity contribution in [3.8, 4) is 22.6 Å². The number of pyridine rings is 1. The van der Waals surface area contributed by atoms with Crippen LogP contribution in [0.1, 0.15) is 95.6 Å². The number of hydrogen-bond acceptors (Lipinski definition) is 21. The molecule has 5 fully saturated rings. The third-order valence-electron chi connectivity index (χ3n) is 17.8. The fourth-order valence-electron chi connectivity index (χ4n) is 15.1. The molecule has 9 N–H and O–H groups in total. The molecule has 3 aromatic heterocycles. The molecular weight excluding hydrogens is 1210 g/mol. The molecule has 7 atom stereocenters. The lowest BCUT2D eigenvalue weighted by atomic mass is 9.39. The third kappa shape index (κ3) is 13.9. The lowest BCUT2D eigenvalue weighted by Crippen LogP contribution is -2.64. The van der Waals surface area contributed by atoms with E-state index in [-0.39, 0.29) is 78.9 Å². The van der Waals surface area contributed by atoms with Gasteiger partial charge in [0, 0.05) is 73.3 Å². The van der Waals surface area contributed by atoms with Gasteiger partial charge in [-0.2, -0.15) is 13.5 Å². The van der Waals surface area contributed by atoms with Crippen LogP contribution in [0.2, 0.25) is 0 Å². The largest absolute Gasteiger partial charge is 0.491 e. The maximum atomic E-state index is 14.0. The van der Waals surface area contributed by atoms with E-state index in [2.05, 4.69) is 24.1 Å². The van der Waals surface area contributed by atoms with Crippen LogP contribution in [-0.2, 0) is 60.0 Å². The fraction of sp³-hybridized carbons (Fsp3) is 0.500. The number of benzene rings is 3. The molecule has 4 saturated carbocycles. The van der Waals surface area contributed by atoms with Crippen molar-refractivity contribution in [2.75, 3.05) is 68.6 Å². The van der Waals surface area contributed by atoms with Gasteiger partial charge in [-0.15, -0.1) is 0 Å². The Bertz CT molecular complexity index is 3750. The van der Waals surface area contributed by atoms with Crippen molar-refractivity contribution in [2.24, 2.45) is 22.0 Å². The molecule has 0 spiro atoms. The molecule has 90 heavy (non-hydrogen) atoms. The maximum Gasteiger partial charge on any atom is 0.410 e. The van der Waals surface area contributed by atoms with E-state index in [0.29, 0.717) is 65.7 Å². The Morgan fingerprint density at radius 3 is 2.38 bits per heavy atom. The highest BCUT2D eigenvalue weighted by Gasteiger charge is 2.66. The average Bonchev–Trinajstić information content (AvgIpc) is 0.700. The zero-order chi connectivity index (χ0) is 63.9. The smallest absolute Gasteiger partial charge is 0.410 e. The number of carboxylic acid groups (broad SMARTS) is 2. The van der Waals surface area contributed by atoms with Crippen molar-refractivity contribution in [3.05, 3.63) is 113 Å². The van der Waals surface area contributed by atoms with E-state index in [9.17, 15) is 57.7 Å². The molecule has 482 valence electrons. The Balaban J connectivity index is 0.764. The first-order valence-corrected chi connectivity index (χ1v) is 32.2. The molecule has 3 aromatic carbocycles. The number of aromatic nitrogens is 4. The second kappa shape index (κ2) is 25.7. The number of para-hydroxylation sites is 1. The van der Waals surface area contributed by atoms with E-state index in [0.717, 1.165) is 64.0 Å². The number of fused-ring (bicyclic) bond motifs is 2. The lowest BCUT2D eigenvalue weighted by Gasteiger charge is -2.69. The molecule has 4 bridgehead atoms. The quantitative estimate of drug-likeness (QED) is 0.0253. The normalized spacial score (nSPS) is 26.0. The number of ether oxygens (including phenoxy) is 6. The first-order chi connectivity index (χ1) is 42.8. The van der Waals surface area contributed by atoms with E-state index in [1.807, 2.05) is 59.0 Å². The van der Waals surface area contributed by atoms with Crippen molar-refractivity contribution in [2.45, 2.75) is 122 Å². The molecule has 6 aromatic rings. The molecule has 2 unspecified atom stereocenters. The zero-order valence-corrected chi connectivity index (χ0v) is 51.6. The molecule has 1 saturated heterocycles. The summed E-state index contributed by atoms with van der Waals surface area (Å²) in [6, 6.07) is 21.1. The van der Waals surface area contributed by atoms with Crippen LogP contribution in [0, 0.1) is 23.2 Å². The minimum atomic E-state index is -4.54. The van der Waals surface area contributed by atoms with Gasteiger partial charge in [0.2, 0.25) is 6.29 Å². The van der Waals surface area contributed by atoms with E-state index < -0.39 is 83.4 Å². The number of carbonyl (C=O) groups is 4. The molecule has 4 aliphatic carbocycles. The van der Waals surface area contributed by atoms with Crippen LogP contribution in [0.3, 0.4) is 0 Å². The maximum absolute atomic E-state index is 14.0. The van der Waals surface area contributed by atoms with Crippen LogP contribution in [0.5, 0.6) is 11.5 Å². The zero-order valence-electron chi connectivity index (χ0n) is 50.0. The number of carbonyl (C=O) groups excluding carboxylic acids is 2. The van der Waals surface area contributed by atoms with Gasteiger partial charge in [0.15, 0.2) is 16.9 Å². The number of aliphatic carboxylic acids is 1. The van der Waals surface area contributed by atoms with Crippen LogP contribution in [0.4, 0.5) is 15.7 Å². The number of nitrogens with two attached hydrogens (primary N) is 1. The molecule has 5 heterocycles. The van der Waals surface area contributed by atoms with E-state index in [1.165, 1.54) is 29.5 Å². The summed E-state index contributed by atoms with van der Waals surface area (Å²) in [7, 11) is -4.54. The van der Waals surface area contributed by atoms with Gasteiger partial charge in [-0.1, -0.05) is 49.4 Å². The molecule has 2 aliphatic heterocycles. The molecule has 0 radical (unpaired) electrons. The van der Waals surface area contributed by atoms with Gasteiger partial charge in [0.25, 0.3) is 16.0 Å². The van der Waals surface area contributed by atoms with Crippen LogP contribution < -0.4 is 25.4 Å². The van der Waals surface area contributed by atoms with Gasteiger partial charge in [-0.05, 0) is 122 Å². The van der Waals surface area contributed by atoms with E-state index in [1.54, 1.807) is 18.3 Å². The number of thiazole rings is 1. The van der Waals surface area contributed by atoms with E-state index >= 15 is 0 Å². The first-order valence-electron chi connectivity index (χ1n) is 29.8. The number of amides is 2. The van der Waals surface area contributed by atoms with Crippen molar-refractivity contribution in [3.63, 3.8) is 0 Å². The Hall–Kier alpha value is -7.38. The summed E-state index contributed by atoms with van der Waals surface area (Å²) in [4.78, 5) is 65.1. The number of rotatable bonds is 25. The molecule has 12 rings (SSSR count). The minimum absolute atomic E-state index is 0.00700. The average molecular weight is 1280 g/mol. The molecule has 28 heteroatoms. The fourth-order valence-corrected chi connectivity index (χ4v) is 16.4. The highest BCUT2D eigenvalue weighted by molar-refractivity contribution is 7.85. The predicted molar refractivity (Wildman–Crippen MR) is 326 cm³/mol. The van der Waals surface area contributed by atoms with Crippen LogP contribution in [0.25, 0.3) is 21.3 Å².